The number of aryl methyl sites for hydroxylation is 1. The molecule has 1 atom stereocenters. The summed E-state index contributed by atoms with van der Waals surface area (Å²) in [5.41, 5.74) is 1.66. The molecule has 1 aliphatic heterocycles. The van der Waals surface area contributed by atoms with E-state index in [9.17, 15) is 19.4 Å². The van der Waals surface area contributed by atoms with Gasteiger partial charge in [-0.25, -0.2) is 4.39 Å². The average molecular weight is 373 g/mol. The molecule has 144 valence electrons. The van der Waals surface area contributed by atoms with Crippen LogP contribution >= 0.6 is 0 Å². The quantitative estimate of drug-likeness (QED) is 0.813. The van der Waals surface area contributed by atoms with E-state index in [1.54, 1.807) is 0 Å². The molecule has 1 fully saturated rings. The number of benzene rings is 2. The Morgan fingerprint density at radius 3 is 2.59 bits per heavy atom. The van der Waals surface area contributed by atoms with Gasteiger partial charge in [0.15, 0.2) is 0 Å². The van der Waals surface area contributed by atoms with E-state index >= 15 is 0 Å². The standard InChI is InChI=1S/C21H24FNO4/c1-14-4-2-3-5-19(14)27-17-8-10-23(11-9-17)20(21(25)26)15-6-7-18(22)16(12-15)13-24/h2-7,12,17,20,24H,8-11,13H2,1H3,(H,25,26). The minimum Gasteiger partial charge on any atom is -0.490 e. The molecule has 27 heavy (non-hydrogen) atoms. The Kier molecular flexibility index (Phi) is 6.08. The first-order valence-electron chi connectivity index (χ1n) is 9.08. The van der Waals surface area contributed by atoms with E-state index in [1.807, 2.05) is 36.1 Å². The number of para-hydroxylation sites is 1. The number of aliphatic hydroxyl groups excluding tert-OH is 1. The summed E-state index contributed by atoms with van der Waals surface area (Å²) >= 11 is 0. The minimum absolute atomic E-state index is 0.0398. The van der Waals surface area contributed by atoms with Crippen molar-refractivity contribution in [2.45, 2.75) is 38.5 Å². The third-order valence-corrected chi connectivity index (χ3v) is 5.02. The highest BCUT2D eigenvalue weighted by Gasteiger charge is 2.32. The first-order valence-corrected chi connectivity index (χ1v) is 9.08. The molecular weight excluding hydrogens is 349 g/mol. The van der Waals surface area contributed by atoms with Gasteiger partial charge in [0.2, 0.25) is 0 Å². The van der Waals surface area contributed by atoms with Gasteiger partial charge >= 0.3 is 5.97 Å². The van der Waals surface area contributed by atoms with E-state index in [0.717, 1.165) is 11.3 Å². The molecule has 2 aromatic rings. The number of carboxylic acids is 1. The summed E-state index contributed by atoms with van der Waals surface area (Å²) in [4.78, 5) is 13.7. The summed E-state index contributed by atoms with van der Waals surface area (Å²) in [6, 6.07) is 11.1. The van der Waals surface area contributed by atoms with Crippen LogP contribution in [0.4, 0.5) is 4.39 Å². The molecule has 0 aromatic heterocycles. The van der Waals surface area contributed by atoms with Crippen LogP contribution < -0.4 is 4.74 Å². The Labute approximate surface area is 158 Å². The lowest BCUT2D eigenvalue weighted by Gasteiger charge is -2.36. The van der Waals surface area contributed by atoms with Crippen molar-refractivity contribution < 1.29 is 24.1 Å². The second-order valence-corrected chi connectivity index (χ2v) is 6.87. The van der Waals surface area contributed by atoms with Crippen LogP contribution in [0.1, 0.15) is 35.6 Å². The van der Waals surface area contributed by atoms with Gasteiger partial charge in [0.25, 0.3) is 0 Å². The summed E-state index contributed by atoms with van der Waals surface area (Å²) in [5, 5.41) is 19.0. The molecule has 1 saturated heterocycles. The molecule has 0 radical (unpaired) electrons. The lowest BCUT2D eigenvalue weighted by atomic mass is 9.98. The maximum absolute atomic E-state index is 13.6. The van der Waals surface area contributed by atoms with Gasteiger partial charge in [-0.2, -0.15) is 0 Å². The average Bonchev–Trinajstić information content (AvgIpc) is 2.66. The SMILES string of the molecule is Cc1ccccc1OC1CCN(C(C(=O)O)c2ccc(F)c(CO)c2)CC1. The summed E-state index contributed by atoms with van der Waals surface area (Å²) in [5.74, 6) is -0.656. The first-order chi connectivity index (χ1) is 13.0. The molecule has 6 heteroatoms. The predicted octanol–water partition coefficient (Wildman–Crippen LogP) is 3.30. The summed E-state index contributed by atoms with van der Waals surface area (Å²) in [6.07, 6.45) is 1.47. The fraction of sp³-hybridized carbons (Fsp3) is 0.381. The number of carboxylic acid groups (broad SMARTS) is 1. The molecule has 0 bridgehead atoms. The third-order valence-electron chi connectivity index (χ3n) is 5.02. The molecule has 1 heterocycles. The van der Waals surface area contributed by atoms with Crippen LogP contribution in [0, 0.1) is 12.7 Å². The fourth-order valence-electron chi connectivity index (χ4n) is 3.52. The number of hydrogen-bond donors (Lipinski definition) is 2. The monoisotopic (exact) mass is 373 g/mol. The van der Waals surface area contributed by atoms with E-state index in [0.29, 0.717) is 31.5 Å². The van der Waals surface area contributed by atoms with Gasteiger partial charge in [-0.3, -0.25) is 9.69 Å². The Bertz CT molecular complexity index is 803. The largest absolute Gasteiger partial charge is 0.490 e. The Morgan fingerprint density at radius 1 is 1.26 bits per heavy atom. The van der Waals surface area contributed by atoms with Crippen LogP contribution in [0.5, 0.6) is 5.75 Å². The number of nitrogens with zero attached hydrogens (tertiary/aromatic N) is 1. The lowest BCUT2D eigenvalue weighted by molar-refractivity contribution is -0.144. The van der Waals surface area contributed by atoms with Crippen molar-refractivity contribution in [3.63, 3.8) is 0 Å². The van der Waals surface area contributed by atoms with Gasteiger partial charge in [-0.1, -0.05) is 24.3 Å². The number of rotatable bonds is 6. The molecule has 1 aliphatic rings. The second kappa shape index (κ2) is 8.50. The van der Waals surface area contributed by atoms with Crippen molar-refractivity contribution in [1.29, 1.82) is 0 Å². The van der Waals surface area contributed by atoms with Gasteiger partial charge < -0.3 is 14.9 Å². The molecular formula is C21H24FNO4. The highest BCUT2D eigenvalue weighted by molar-refractivity contribution is 5.75. The molecule has 2 aromatic carbocycles. The minimum atomic E-state index is -0.983. The van der Waals surface area contributed by atoms with E-state index < -0.39 is 24.4 Å². The third kappa shape index (κ3) is 4.46. The smallest absolute Gasteiger partial charge is 0.325 e. The molecule has 3 rings (SSSR count). The van der Waals surface area contributed by atoms with Crippen LogP contribution in [-0.2, 0) is 11.4 Å². The van der Waals surface area contributed by atoms with Crippen molar-refractivity contribution in [2.75, 3.05) is 13.1 Å². The van der Waals surface area contributed by atoms with E-state index in [1.165, 1.54) is 18.2 Å². The number of carbonyl (C=O) groups is 1. The Morgan fingerprint density at radius 2 is 1.96 bits per heavy atom. The number of aliphatic carboxylic acids is 1. The van der Waals surface area contributed by atoms with Crippen molar-refractivity contribution in [2.24, 2.45) is 0 Å². The number of likely N-dealkylation sites (tertiary alicyclic amines) is 1. The van der Waals surface area contributed by atoms with Crippen molar-refractivity contribution in [1.82, 2.24) is 4.90 Å². The summed E-state index contributed by atoms with van der Waals surface area (Å²) in [6.45, 7) is 2.68. The molecule has 0 aliphatic carbocycles. The summed E-state index contributed by atoms with van der Waals surface area (Å²) in [7, 11) is 0. The first kappa shape index (κ1) is 19.3. The van der Waals surface area contributed by atoms with E-state index in [2.05, 4.69) is 0 Å². The van der Waals surface area contributed by atoms with Crippen LogP contribution in [0.25, 0.3) is 0 Å². The normalized spacial score (nSPS) is 16.9. The van der Waals surface area contributed by atoms with E-state index in [4.69, 9.17) is 4.74 Å². The number of hydrogen-bond acceptors (Lipinski definition) is 4. The van der Waals surface area contributed by atoms with Crippen LogP contribution in [0.15, 0.2) is 42.5 Å². The van der Waals surface area contributed by atoms with Gasteiger partial charge in [-0.15, -0.1) is 0 Å². The van der Waals surface area contributed by atoms with E-state index in [-0.39, 0.29) is 11.7 Å². The number of piperidine rings is 1. The lowest BCUT2D eigenvalue weighted by Crippen LogP contribution is -2.43. The maximum atomic E-state index is 13.6. The predicted molar refractivity (Wildman–Crippen MR) is 99.1 cm³/mol. The topological polar surface area (TPSA) is 70.0 Å². The van der Waals surface area contributed by atoms with Crippen LogP contribution in [-0.4, -0.2) is 40.3 Å². The molecule has 5 nitrogen and oxygen atoms in total. The van der Waals surface area contributed by atoms with Gasteiger partial charge in [0.1, 0.15) is 23.7 Å². The zero-order valence-electron chi connectivity index (χ0n) is 15.3. The molecule has 0 saturated carbocycles. The Balaban J connectivity index is 1.69. The molecule has 1 unspecified atom stereocenters. The fourth-order valence-corrected chi connectivity index (χ4v) is 3.52. The summed E-state index contributed by atoms with van der Waals surface area (Å²) < 4.78 is 19.7. The number of aliphatic hydroxyl groups is 1. The van der Waals surface area contributed by atoms with Crippen molar-refractivity contribution >= 4 is 5.97 Å². The molecule has 2 N–H and O–H groups in total. The van der Waals surface area contributed by atoms with Crippen LogP contribution in [0.3, 0.4) is 0 Å². The molecule has 0 amide bonds. The maximum Gasteiger partial charge on any atom is 0.325 e. The van der Waals surface area contributed by atoms with Gasteiger partial charge in [0, 0.05) is 18.7 Å². The zero-order chi connectivity index (χ0) is 19.4. The zero-order valence-corrected chi connectivity index (χ0v) is 15.3. The van der Waals surface area contributed by atoms with Crippen LogP contribution in [0.2, 0.25) is 0 Å². The van der Waals surface area contributed by atoms with Crippen molar-refractivity contribution in [3.8, 4) is 5.75 Å². The number of ether oxygens (including phenoxy) is 1. The highest BCUT2D eigenvalue weighted by Crippen LogP contribution is 2.29. The highest BCUT2D eigenvalue weighted by atomic mass is 19.1. The van der Waals surface area contributed by atoms with Gasteiger partial charge in [-0.05, 0) is 49.1 Å². The Hall–Kier alpha value is -2.44. The second-order valence-electron chi connectivity index (χ2n) is 6.87. The van der Waals surface area contributed by atoms with Gasteiger partial charge in [0.05, 0.1) is 6.61 Å². The molecule has 0 spiro atoms. The van der Waals surface area contributed by atoms with Crippen molar-refractivity contribution in [3.05, 3.63) is 65.0 Å². The number of halogens is 1.